The molecule has 0 heterocycles. The lowest BCUT2D eigenvalue weighted by atomic mass is 9.81. The van der Waals surface area contributed by atoms with E-state index in [-0.39, 0.29) is 11.2 Å². The molecule has 0 aromatic heterocycles. The summed E-state index contributed by atoms with van der Waals surface area (Å²) in [5, 5.41) is 3.80. The third-order valence-corrected chi connectivity index (χ3v) is 3.20. The first-order valence-corrected chi connectivity index (χ1v) is 6.39. The van der Waals surface area contributed by atoms with Gasteiger partial charge in [-0.05, 0) is 36.1 Å². The highest BCUT2D eigenvalue weighted by Crippen LogP contribution is 2.30. The third-order valence-electron chi connectivity index (χ3n) is 2.96. The van der Waals surface area contributed by atoms with Crippen LogP contribution in [-0.2, 0) is 5.41 Å². The Morgan fingerprint density at radius 1 is 1.35 bits per heavy atom. The molecule has 0 saturated heterocycles. The molecule has 0 spiro atoms. The first-order valence-electron chi connectivity index (χ1n) is 6.02. The predicted molar refractivity (Wildman–Crippen MR) is 72.2 cm³/mol. The van der Waals surface area contributed by atoms with Crippen molar-refractivity contribution in [1.82, 2.24) is 5.32 Å². The first-order chi connectivity index (χ1) is 7.83. The van der Waals surface area contributed by atoms with E-state index in [0.29, 0.717) is 11.1 Å². The Morgan fingerprint density at radius 3 is 2.53 bits per heavy atom. The molecule has 0 aliphatic rings. The Labute approximate surface area is 108 Å². The number of nitrogens with one attached hydrogen (secondary N) is 1. The SMILES string of the molecule is CC(C)NCCC(C)(C)c1ccc(Cl)cc1F. The Morgan fingerprint density at radius 2 is 2.00 bits per heavy atom. The minimum atomic E-state index is -0.216. The fourth-order valence-corrected chi connectivity index (χ4v) is 2.01. The number of hydrogen-bond acceptors (Lipinski definition) is 1. The monoisotopic (exact) mass is 257 g/mol. The summed E-state index contributed by atoms with van der Waals surface area (Å²) in [4.78, 5) is 0. The summed E-state index contributed by atoms with van der Waals surface area (Å²) in [7, 11) is 0. The molecule has 0 aliphatic carbocycles. The van der Waals surface area contributed by atoms with Gasteiger partial charge in [-0.2, -0.15) is 0 Å². The van der Waals surface area contributed by atoms with Gasteiger partial charge in [0.05, 0.1) is 0 Å². The molecule has 1 rings (SSSR count). The predicted octanol–water partition coefficient (Wildman–Crippen LogP) is 4.14. The van der Waals surface area contributed by atoms with Gasteiger partial charge in [-0.1, -0.05) is 45.4 Å². The van der Waals surface area contributed by atoms with Crippen molar-refractivity contribution in [2.75, 3.05) is 6.54 Å². The number of halogens is 2. The molecule has 17 heavy (non-hydrogen) atoms. The molecular formula is C14H21ClFN. The molecule has 0 amide bonds. The van der Waals surface area contributed by atoms with E-state index >= 15 is 0 Å². The van der Waals surface area contributed by atoms with Crippen molar-refractivity contribution >= 4 is 11.6 Å². The van der Waals surface area contributed by atoms with E-state index in [4.69, 9.17) is 11.6 Å². The van der Waals surface area contributed by atoms with Crippen LogP contribution in [0.25, 0.3) is 0 Å². The third kappa shape index (κ3) is 4.29. The van der Waals surface area contributed by atoms with E-state index in [1.807, 2.05) is 0 Å². The van der Waals surface area contributed by atoms with E-state index in [9.17, 15) is 4.39 Å². The van der Waals surface area contributed by atoms with Gasteiger partial charge in [0, 0.05) is 11.1 Å². The van der Waals surface area contributed by atoms with Crippen molar-refractivity contribution in [2.24, 2.45) is 0 Å². The first kappa shape index (κ1) is 14.5. The van der Waals surface area contributed by atoms with Crippen LogP contribution in [0.1, 0.15) is 39.7 Å². The molecule has 0 unspecified atom stereocenters. The van der Waals surface area contributed by atoms with Crippen LogP contribution in [-0.4, -0.2) is 12.6 Å². The fraction of sp³-hybridized carbons (Fsp3) is 0.571. The van der Waals surface area contributed by atoms with Crippen molar-refractivity contribution < 1.29 is 4.39 Å². The molecule has 0 aliphatic heterocycles. The van der Waals surface area contributed by atoms with Crippen molar-refractivity contribution in [1.29, 1.82) is 0 Å². The van der Waals surface area contributed by atoms with Crippen molar-refractivity contribution in [3.63, 3.8) is 0 Å². The zero-order valence-corrected chi connectivity index (χ0v) is 11.7. The molecule has 1 nitrogen and oxygen atoms in total. The number of benzene rings is 1. The molecule has 96 valence electrons. The molecular weight excluding hydrogens is 237 g/mol. The summed E-state index contributed by atoms with van der Waals surface area (Å²) < 4.78 is 13.8. The van der Waals surface area contributed by atoms with Gasteiger partial charge in [0.1, 0.15) is 5.82 Å². The Bertz CT molecular complexity index is 374. The van der Waals surface area contributed by atoms with E-state index in [2.05, 4.69) is 33.0 Å². The molecule has 1 aromatic rings. The second-order valence-electron chi connectivity index (χ2n) is 5.37. The Kier molecular flexibility index (Phi) is 4.96. The zero-order chi connectivity index (χ0) is 13.1. The second kappa shape index (κ2) is 5.83. The molecule has 1 N–H and O–H groups in total. The standard InChI is InChI=1S/C14H21ClFN/c1-10(2)17-8-7-14(3,4)12-6-5-11(15)9-13(12)16/h5-6,9-10,17H,7-8H2,1-4H3. The van der Waals surface area contributed by atoms with Gasteiger partial charge in [-0.15, -0.1) is 0 Å². The van der Waals surface area contributed by atoms with Gasteiger partial charge < -0.3 is 5.32 Å². The van der Waals surface area contributed by atoms with Crippen LogP contribution < -0.4 is 5.32 Å². The summed E-state index contributed by atoms with van der Waals surface area (Å²) >= 11 is 5.76. The normalized spacial score (nSPS) is 12.2. The lowest BCUT2D eigenvalue weighted by Gasteiger charge is -2.26. The molecule has 1 aromatic carbocycles. The molecule has 0 fully saturated rings. The van der Waals surface area contributed by atoms with Crippen LogP contribution in [0.2, 0.25) is 5.02 Å². The Balaban J connectivity index is 2.74. The fourth-order valence-electron chi connectivity index (χ4n) is 1.85. The van der Waals surface area contributed by atoms with E-state index in [1.54, 1.807) is 12.1 Å². The quantitative estimate of drug-likeness (QED) is 0.836. The minimum absolute atomic E-state index is 0.184. The van der Waals surface area contributed by atoms with Gasteiger partial charge in [-0.3, -0.25) is 0 Å². The maximum Gasteiger partial charge on any atom is 0.128 e. The van der Waals surface area contributed by atoms with Crippen LogP contribution in [0.3, 0.4) is 0 Å². The highest BCUT2D eigenvalue weighted by Gasteiger charge is 2.23. The molecule has 0 radical (unpaired) electrons. The average Bonchev–Trinajstić information content (AvgIpc) is 2.15. The van der Waals surface area contributed by atoms with Crippen LogP contribution in [0.5, 0.6) is 0 Å². The van der Waals surface area contributed by atoms with Crippen LogP contribution in [0.4, 0.5) is 4.39 Å². The van der Waals surface area contributed by atoms with Gasteiger partial charge in [0.15, 0.2) is 0 Å². The van der Waals surface area contributed by atoms with Gasteiger partial charge in [-0.25, -0.2) is 4.39 Å². The lowest BCUT2D eigenvalue weighted by Crippen LogP contribution is -2.30. The maximum atomic E-state index is 13.8. The summed E-state index contributed by atoms with van der Waals surface area (Å²) in [6.07, 6.45) is 0.893. The molecule has 3 heteroatoms. The number of hydrogen-bond donors (Lipinski definition) is 1. The maximum absolute atomic E-state index is 13.8. The van der Waals surface area contributed by atoms with Gasteiger partial charge in [0.2, 0.25) is 0 Å². The molecule has 0 bridgehead atoms. The number of rotatable bonds is 5. The van der Waals surface area contributed by atoms with Crippen LogP contribution >= 0.6 is 11.6 Å². The summed E-state index contributed by atoms with van der Waals surface area (Å²) in [5.74, 6) is -0.216. The van der Waals surface area contributed by atoms with Crippen molar-refractivity contribution in [3.8, 4) is 0 Å². The van der Waals surface area contributed by atoms with Crippen molar-refractivity contribution in [2.45, 2.75) is 45.6 Å². The molecule has 0 atom stereocenters. The van der Waals surface area contributed by atoms with E-state index < -0.39 is 0 Å². The van der Waals surface area contributed by atoms with Gasteiger partial charge in [0.25, 0.3) is 0 Å². The van der Waals surface area contributed by atoms with E-state index in [0.717, 1.165) is 18.5 Å². The van der Waals surface area contributed by atoms with Crippen LogP contribution in [0, 0.1) is 5.82 Å². The zero-order valence-electron chi connectivity index (χ0n) is 11.0. The summed E-state index contributed by atoms with van der Waals surface area (Å²) in [6.45, 7) is 9.21. The van der Waals surface area contributed by atoms with E-state index in [1.165, 1.54) is 6.07 Å². The highest BCUT2D eigenvalue weighted by atomic mass is 35.5. The minimum Gasteiger partial charge on any atom is -0.315 e. The Hall–Kier alpha value is -0.600. The topological polar surface area (TPSA) is 12.0 Å². The highest BCUT2D eigenvalue weighted by molar-refractivity contribution is 6.30. The summed E-state index contributed by atoms with van der Waals surface area (Å²) in [6, 6.07) is 5.37. The van der Waals surface area contributed by atoms with Gasteiger partial charge >= 0.3 is 0 Å². The summed E-state index contributed by atoms with van der Waals surface area (Å²) in [5.41, 5.74) is 0.545. The smallest absolute Gasteiger partial charge is 0.128 e. The molecule has 0 saturated carbocycles. The average molecular weight is 258 g/mol. The van der Waals surface area contributed by atoms with Crippen LogP contribution in [0.15, 0.2) is 18.2 Å². The second-order valence-corrected chi connectivity index (χ2v) is 5.80. The lowest BCUT2D eigenvalue weighted by molar-refractivity contribution is 0.423. The largest absolute Gasteiger partial charge is 0.315 e. The van der Waals surface area contributed by atoms with Crippen molar-refractivity contribution in [3.05, 3.63) is 34.6 Å².